The van der Waals surface area contributed by atoms with Crippen molar-refractivity contribution in [3.05, 3.63) is 0 Å². The summed E-state index contributed by atoms with van der Waals surface area (Å²) in [5.41, 5.74) is 5.57. The van der Waals surface area contributed by atoms with Crippen LogP contribution in [0.15, 0.2) is 0 Å². The highest BCUT2D eigenvalue weighted by atomic mass is 31.2. The zero-order valence-electron chi connectivity index (χ0n) is 11.3. The first-order chi connectivity index (χ1) is 8.03. The summed E-state index contributed by atoms with van der Waals surface area (Å²) in [6.07, 6.45) is 0.391. The molecule has 0 fully saturated rings. The quantitative estimate of drug-likeness (QED) is 0.485. The molecule has 5 nitrogen and oxygen atoms in total. The SMILES string of the molecule is CCOC(OCC)P(=O)(CC(C)CN)OCC. The van der Waals surface area contributed by atoms with E-state index >= 15 is 0 Å². The van der Waals surface area contributed by atoms with E-state index in [1.807, 2.05) is 27.7 Å². The van der Waals surface area contributed by atoms with Gasteiger partial charge < -0.3 is 19.7 Å². The van der Waals surface area contributed by atoms with Crippen LogP contribution in [-0.4, -0.2) is 38.6 Å². The van der Waals surface area contributed by atoms with Crippen LogP contribution in [0, 0.1) is 5.92 Å². The van der Waals surface area contributed by atoms with E-state index in [0.29, 0.717) is 32.5 Å². The Labute approximate surface area is 104 Å². The molecule has 0 heterocycles. The fourth-order valence-electron chi connectivity index (χ4n) is 1.49. The molecule has 2 atom stereocenters. The van der Waals surface area contributed by atoms with Crippen LogP contribution >= 0.6 is 7.37 Å². The second kappa shape index (κ2) is 9.06. The number of rotatable bonds is 10. The van der Waals surface area contributed by atoms with Gasteiger partial charge in [-0.3, -0.25) is 4.57 Å². The molecule has 0 saturated heterocycles. The molecule has 0 aliphatic carbocycles. The van der Waals surface area contributed by atoms with Crippen molar-refractivity contribution in [2.24, 2.45) is 11.7 Å². The van der Waals surface area contributed by atoms with E-state index in [2.05, 4.69) is 0 Å². The van der Waals surface area contributed by atoms with Crippen molar-refractivity contribution in [3.63, 3.8) is 0 Å². The van der Waals surface area contributed by atoms with Crippen LogP contribution in [0.25, 0.3) is 0 Å². The molecular formula is C11H26NO4P. The van der Waals surface area contributed by atoms with Crippen LogP contribution < -0.4 is 5.73 Å². The van der Waals surface area contributed by atoms with Gasteiger partial charge in [0.05, 0.1) is 6.61 Å². The molecule has 2 N–H and O–H groups in total. The number of hydrogen-bond acceptors (Lipinski definition) is 5. The Morgan fingerprint density at radius 3 is 2.00 bits per heavy atom. The third-order valence-corrected chi connectivity index (χ3v) is 5.02. The molecule has 0 aromatic heterocycles. The van der Waals surface area contributed by atoms with Crippen molar-refractivity contribution >= 4 is 7.37 Å². The Morgan fingerprint density at radius 2 is 1.65 bits per heavy atom. The minimum absolute atomic E-state index is 0.121. The first kappa shape index (κ1) is 17.1. The smallest absolute Gasteiger partial charge is 0.257 e. The van der Waals surface area contributed by atoms with E-state index in [-0.39, 0.29) is 5.92 Å². The maximum atomic E-state index is 12.7. The van der Waals surface area contributed by atoms with Gasteiger partial charge in [-0.15, -0.1) is 0 Å². The monoisotopic (exact) mass is 267 g/mol. The highest BCUT2D eigenvalue weighted by Gasteiger charge is 2.36. The molecule has 2 unspecified atom stereocenters. The highest BCUT2D eigenvalue weighted by molar-refractivity contribution is 7.59. The van der Waals surface area contributed by atoms with E-state index in [4.69, 9.17) is 19.7 Å². The van der Waals surface area contributed by atoms with Crippen LogP contribution in [-0.2, 0) is 18.6 Å². The molecule has 0 rings (SSSR count). The maximum Gasteiger partial charge on any atom is 0.257 e. The molecule has 0 radical (unpaired) electrons. The lowest BCUT2D eigenvalue weighted by Crippen LogP contribution is -2.25. The largest absolute Gasteiger partial charge is 0.345 e. The standard InChI is InChI=1S/C11H26NO4P/c1-5-14-11(15-6-2)17(13,16-7-3)9-10(4)8-12/h10-11H,5-9,12H2,1-4H3. The van der Waals surface area contributed by atoms with Gasteiger partial charge in [-0.2, -0.15) is 0 Å². The molecule has 0 saturated carbocycles. The average Bonchev–Trinajstić information content (AvgIpc) is 2.29. The lowest BCUT2D eigenvalue weighted by atomic mass is 10.2. The minimum atomic E-state index is -2.96. The highest BCUT2D eigenvalue weighted by Crippen LogP contribution is 2.54. The van der Waals surface area contributed by atoms with Crippen molar-refractivity contribution in [1.29, 1.82) is 0 Å². The van der Waals surface area contributed by atoms with Crippen LogP contribution in [0.4, 0.5) is 0 Å². The Kier molecular flexibility index (Phi) is 9.10. The summed E-state index contributed by atoms with van der Waals surface area (Å²) in [5, 5.41) is 0. The Hall–Kier alpha value is 0.0700. The van der Waals surface area contributed by atoms with Gasteiger partial charge in [-0.1, -0.05) is 6.92 Å². The number of nitrogens with two attached hydrogens (primary N) is 1. The maximum absolute atomic E-state index is 12.7. The van der Waals surface area contributed by atoms with Gasteiger partial charge in [0.1, 0.15) is 0 Å². The van der Waals surface area contributed by atoms with Crippen molar-refractivity contribution in [2.75, 3.05) is 32.5 Å². The van der Waals surface area contributed by atoms with Gasteiger partial charge >= 0.3 is 0 Å². The van der Waals surface area contributed by atoms with E-state index in [1.165, 1.54) is 0 Å². The summed E-state index contributed by atoms with van der Waals surface area (Å²) in [4.78, 5) is 0. The summed E-state index contributed by atoms with van der Waals surface area (Å²) >= 11 is 0. The van der Waals surface area contributed by atoms with Crippen LogP contribution in [0.2, 0.25) is 0 Å². The Morgan fingerprint density at radius 1 is 1.12 bits per heavy atom. The van der Waals surface area contributed by atoms with E-state index in [9.17, 15) is 4.57 Å². The van der Waals surface area contributed by atoms with Crippen molar-refractivity contribution in [1.82, 2.24) is 0 Å². The normalized spacial score (nSPS) is 17.1. The molecule has 0 aliphatic heterocycles. The van der Waals surface area contributed by atoms with Gasteiger partial charge in [-0.05, 0) is 33.2 Å². The van der Waals surface area contributed by atoms with E-state index in [0.717, 1.165) is 0 Å². The first-order valence-electron chi connectivity index (χ1n) is 6.20. The number of hydrogen-bond donors (Lipinski definition) is 1. The van der Waals surface area contributed by atoms with Gasteiger partial charge in [0.25, 0.3) is 7.37 Å². The molecule has 17 heavy (non-hydrogen) atoms. The molecule has 0 amide bonds. The first-order valence-corrected chi connectivity index (χ1v) is 8.08. The Balaban J connectivity index is 4.78. The topological polar surface area (TPSA) is 70.8 Å². The zero-order chi connectivity index (χ0) is 13.3. The number of ether oxygens (including phenoxy) is 2. The summed E-state index contributed by atoms with van der Waals surface area (Å²) in [6.45, 7) is 9.18. The van der Waals surface area contributed by atoms with Crippen molar-refractivity contribution in [3.8, 4) is 0 Å². The summed E-state index contributed by atoms with van der Waals surface area (Å²) in [6, 6.07) is -0.772. The van der Waals surface area contributed by atoms with Crippen LogP contribution in [0.5, 0.6) is 0 Å². The second-order valence-corrected chi connectivity index (χ2v) is 6.38. The Bertz CT molecular complexity index is 232. The molecule has 104 valence electrons. The average molecular weight is 267 g/mol. The predicted molar refractivity (Wildman–Crippen MR) is 69.4 cm³/mol. The fourth-order valence-corrected chi connectivity index (χ4v) is 4.09. The molecule has 0 aromatic rings. The third kappa shape index (κ3) is 5.98. The summed E-state index contributed by atoms with van der Waals surface area (Å²) in [5.74, 6) is 0.121. The van der Waals surface area contributed by atoms with Crippen molar-refractivity contribution < 1.29 is 18.6 Å². The minimum Gasteiger partial charge on any atom is -0.345 e. The zero-order valence-corrected chi connectivity index (χ0v) is 12.2. The summed E-state index contributed by atoms with van der Waals surface area (Å²) in [7, 11) is -2.96. The van der Waals surface area contributed by atoms with Gasteiger partial charge in [-0.25, -0.2) is 0 Å². The third-order valence-electron chi connectivity index (χ3n) is 2.26. The summed E-state index contributed by atoms with van der Waals surface area (Å²) < 4.78 is 28.9. The van der Waals surface area contributed by atoms with E-state index < -0.39 is 13.4 Å². The molecule has 0 aromatic carbocycles. The van der Waals surface area contributed by atoms with Crippen LogP contribution in [0.1, 0.15) is 27.7 Å². The predicted octanol–water partition coefficient (Wildman–Crippen LogP) is 2.25. The van der Waals surface area contributed by atoms with Crippen LogP contribution in [0.3, 0.4) is 0 Å². The molecule has 6 heteroatoms. The lowest BCUT2D eigenvalue weighted by molar-refractivity contribution is -0.0890. The lowest BCUT2D eigenvalue weighted by Gasteiger charge is -2.28. The van der Waals surface area contributed by atoms with Gasteiger partial charge in [0, 0.05) is 19.4 Å². The van der Waals surface area contributed by atoms with Gasteiger partial charge in [0.15, 0.2) is 0 Å². The van der Waals surface area contributed by atoms with E-state index in [1.54, 1.807) is 0 Å². The van der Waals surface area contributed by atoms with Crippen molar-refractivity contribution in [2.45, 2.75) is 33.7 Å². The molecule has 0 spiro atoms. The fraction of sp³-hybridized carbons (Fsp3) is 1.00. The second-order valence-electron chi connectivity index (χ2n) is 3.89. The molecular weight excluding hydrogens is 241 g/mol. The molecule has 0 aliphatic rings. The van der Waals surface area contributed by atoms with Gasteiger partial charge in [0.2, 0.25) is 6.03 Å². The molecule has 0 bridgehead atoms.